The molecule has 0 amide bonds. The Balaban J connectivity index is 1.50. The lowest BCUT2D eigenvalue weighted by molar-refractivity contribution is 0.395. The Morgan fingerprint density at radius 2 is 1.44 bits per heavy atom. The van der Waals surface area contributed by atoms with Crippen LogP contribution in [0.15, 0.2) is 89.8 Å². The van der Waals surface area contributed by atoms with Crippen LogP contribution in [0.1, 0.15) is 11.1 Å². The highest BCUT2D eigenvalue weighted by Gasteiger charge is 2.22. The highest BCUT2D eigenvalue weighted by molar-refractivity contribution is 7.92. The van der Waals surface area contributed by atoms with Gasteiger partial charge in [0.25, 0.3) is 10.0 Å². The Hall–Kier alpha value is -4.90. The van der Waals surface area contributed by atoms with Crippen LogP contribution in [0.5, 0.6) is 11.5 Å². The molecule has 0 aliphatic rings. The largest absolute Gasteiger partial charge is 0.497 e. The van der Waals surface area contributed by atoms with Crippen molar-refractivity contribution < 1.29 is 22.3 Å². The summed E-state index contributed by atoms with van der Waals surface area (Å²) in [5.74, 6) is 0.899. The molecule has 1 heterocycles. The Labute approximate surface area is 237 Å². The van der Waals surface area contributed by atoms with E-state index in [1.54, 1.807) is 60.7 Å². The molecule has 210 valence electrons. The van der Waals surface area contributed by atoms with Crippen LogP contribution in [-0.2, 0) is 16.6 Å². The maximum atomic E-state index is 13.8. The molecule has 4 aromatic carbocycles. The number of para-hydroxylation sites is 3. The van der Waals surface area contributed by atoms with Gasteiger partial charge in [-0.15, -0.1) is 0 Å². The summed E-state index contributed by atoms with van der Waals surface area (Å²) in [4.78, 5) is 9.21. The van der Waals surface area contributed by atoms with Crippen molar-refractivity contribution in [3.8, 4) is 11.5 Å². The highest BCUT2D eigenvalue weighted by atomic mass is 32.2. The number of anilines is 4. The molecule has 0 unspecified atom stereocenters. The molecule has 5 rings (SSSR count). The van der Waals surface area contributed by atoms with Gasteiger partial charge in [-0.1, -0.05) is 30.3 Å². The van der Waals surface area contributed by atoms with Crippen molar-refractivity contribution in [3.05, 3.63) is 102 Å². The Kier molecular flexibility index (Phi) is 7.88. The second kappa shape index (κ2) is 11.7. The van der Waals surface area contributed by atoms with Gasteiger partial charge >= 0.3 is 0 Å². The van der Waals surface area contributed by atoms with Gasteiger partial charge in [0, 0.05) is 30.4 Å². The van der Waals surface area contributed by atoms with Crippen LogP contribution in [0.3, 0.4) is 0 Å². The summed E-state index contributed by atoms with van der Waals surface area (Å²) in [7, 11) is -1.08. The first kappa shape index (κ1) is 27.7. The smallest absolute Gasteiger partial charge is 0.265 e. The summed E-state index contributed by atoms with van der Waals surface area (Å²) in [6.45, 7) is 2.10. The summed E-state index contributed by atoms with van der Waals surface area (Å²) in [5, 5.41) is 6.28. The van der Waals surface area contributed by atoms with Crippen LogP contribution in [0.25, 0.3) is 11.0 Å². The predicted octanol–water partition coefficient (Wildman–Crippen LogP) is 6.25. The second-order valence-electron chi connectivity index (χ2n) is 9.16. The Morgan fingerprint density at radius 1 is 0.805 bits per heavy atom. The molecule has 11 heteroatoms. The van der Waals surface area contributed by atoms with Crippen molar-refractivity contribution in [3.63, 3.8) is 0 Å². The lowest BCUT2D eigenvalue weighted by Gasteiger charge is -2.17. The molecule has 41 heavy (non-hydrogen) atoms. The summed E-state index contributed by atoms with van der Waals surface area (Å²) in [6.07, 6.45) is 0. The van der Waals surface area contributed by atoms with Gasteiger partial charge in [-0.3, -0.25) is 4.72 Å². The van der Waals surface area contributed by atoms with Gasteiger partial charge in [-0.2, -0.15) is 0 Å². The van der Waals surface area contributed by atoms with Gasteiger partial charge < -0.3 is 20.1 Å². The van der Waals surface area contributed by atoms with Crippen LogP contribution in [0.2, 0.25) is 0 Å². The minimum atomic E-state index is -4.15. The van der Waals surface area contributed by atoms with Crippen LogP contribution >= 0.6 is 0 Å². The molecule has 5 aromatic rings. The average molecular weight is 574 g/mol. The number of ether oxygens (including phenoxy) is 2. The number of nitrogens with zero attached hydrogens (tertiary/aromatic N) is 2. The van der Waals surface area contributed by atoms with Crippen LogP contribution in [0.4, 0.5) is 27.4 Å². The number of benzene rings is 4. The fraction of sp³-hybridized carbons (Fsp3) is 0.133. The van der Waals surface area contributed by atoms with Gasteiger partial charge in [0.2, 0.25) is 0 Å². The first-order valence-electron chi connectivity index (χ1n) is 12.6. The lowest BCUT2D eigenvalue weighted by atomic mass is 10.1. The second-order valence-corrected chi connectivity index (χ2v) is 10.8. The number of aromatic nitrogens is 2. The maximum absolute atomic E-state index is 13.8. The van der Waals surface area contributed by atoms with Gasteiger partial charge in [0.15, 0.2) is 11.6 Å². The molecule has 0 spiro atoms. The number of fused-ring (bicyclic) bond motifs is 1. The van der Waals surface area contributed by atoms with Crippen molar-refractivity contribution in [2.45, 2.75) is 18.4 Å². The SMILES string of the molecule is COc1cc(Nc2nc3ccccc3nc2NS(=O)(=O)c2ccccc2NCc2cc(F)ccc2C)cc(OC)c1. The number of hydrogen-bond acceptors (Lipinski definition) is 8. The Bertz CT molecular complexity index is 1810. The highest BCUT2D eigenvalue weighted by Crippen LogP contribution is 2.32. The predicted molar refractivity (Wildman–Crippen MR) is 158 cm³/mol. The van der Waals surface area contributed by atoms with Crippen molar-refractivity contribution >= 4 is 44.1 Å². The van der Waals surface area contributed by atoms with Gasteiger partial charge in [-0.05, 0) is 54.4 Å². The number of rotatable bonds is 10. The molecule has 0 aliphatic carbocycles. The van der Waals surface area contributed by atoms with Gasteiger partial charge in [0.1, 0.15) is 22.2 Å². The van der Waals surface area contributed by atoms with E-state index in [9.17, 15) is 12.8 Å². The van der Waals surface area contributed by atoms with E-state index >= 15 is 0 Å². The minimum absolute atomic E-state index is 0.00117. The van der Waals surface area contributed by atoms with Gasteiger partial charge in [0.05, 0.1) is 30.9 Å². The molecule has 0 saturated carbocycles. The molecule has 1 aromatic heterocycles. The zero-order valence-electron chi connectivity index (χ0n) is 22.6. The minimum Gasteiger partial charge on any atom is -0.497 e. The zero-order chi connectivity index (χ0) is 29.0. The summed E-state index contributed by atoms with van der Waals surface area (Å²) in [5.41, 5.74) is 3.58. The van der Waals surface area contributed by atoms with Crippen LogP contribution < -0.4 is 24.8 Å². The number of halogens is 1. The molecule has 0 radical (unpaired) electrons. The third-order valence-corrected chi connectivity index (χ3v) is 7.77. The van der Waals surface area contributed by atoms with E-state index < -0.39 is 10.0 Å². The molecule has 0 saturated heterocycles. The van der Waals surface area contributed by atoms with Crippen molar-refractivity contribution in [2.24, 2.45) is 0 Å². The first-order chi connectivity index (χ1) is 19.8. The molecule has 0 fully saturated rings. The number of methoxy groups -OCH3 is 2. The van der Waals surface area contributed by atoms with E-state index in [4.69, 9.17) is 9.47 Å². The maximum Gasteiger partial charge on any atom is 0.265 e. The molecule has 0 aliphatic heterocycles. The molecular formula is C30H28FN5O4S. The monoisotopic (exact) mass is 573 g/mol. The number of aryl methyl sites for hydroxylation is 1. The number of nitrogens with one attached hydrogen (secondary N) is 3. The molecule has 9 nitrogen and oxygen atoms in total. The fourth-order valence-electron chi connectivity index (χ4n) is 4.22. The van der Waals surface area contributed by atoms with E-state index in [2.05, 4.69) is 25.3 Å². The van der Waals surface area contributed by atoms with E-state index in [0.29, 0.717) is 39.5 Å². The third kappa shape index (κ3) is 6.30. The van der Waals surface area contributed by atoms with Gasteiger partial charge in [-0.25, -0.2) is 22.8 Å². The first-order valence-corrected chi connectivity index (χ1v) is 14.1. The molecule has 0 atom stereocenters. The summed E-state index contributed by atoms with van der Waals surface area (Å²) < 4.78 is 54.6. The zero-order valence-corrected chi connectivity index (χ0v) is 23.4. The molecule has 3 N–H and O–H groups in total. The fourth-order valence-corrected chi connectivity index (χ4v) is 5.42. The van der Waals surface area contributed by atoms with Crippen molar-refractivity contribution in [1.82, 2.24) is 9.97 Å². The van der Waals surface area contributed by atoms with E-state index in [-0.39, 0.29) is 28.9 Å². The van der Waals surface area contributed by atoms with Crippen molar-refractivity contribution in [1.29, 1.82) is 0 Å². The topological polar surface area (TPSA) is 114 Å². The molecule has 0 bridgehead atoms. The Morgan fingerprint density at radius 3 is 2.12 bits per heavy atom. The van der Waals surface area contributed by atoms with E-state index in [0.717, 1.165) is 5.56 Å². The normalized spacial score (nSPS) is 11.2. The average Bonchev–Trinajstić information content (AvgIpc) is 2.97. The number of sulfonamides is 1. The van der Waals surface area contributed by atoms with Crippen LogP contribution in [-0.4, -0.2) is 32.6 Å². The lowest BCUT2D eigenvalue weighted by Crippen LogP contribution is -2.18. The quantitative estimate of drug-likeness (QED) is 0.180. The van der Waals surface area contributed by atoms with E-state index in [1.807, 2.05) is 13.0 Å². The van der Waals surface area contributed by atoms with Crippen LogP contribution in [0, 0.1) is 12.7 Å². The van der Waals surface area contributed by atoms with E-state index in [1.165, 1.54) is 32.4 Å². The standard InChI is InChI=1S/C30H28FN5O4S/c1-19-12-13-21(31)14-20(19)18-32-27-10-6-7-11-28(27)41(37,38)36-30-29(34-25-8-4-5-9-26(25)35-30)33-22-15-23(39-2)17-24(16-22)40-3/h4-17,32H,18H2,1-3H3,(H,33,34)(H,35,36). The molecular weight excluding hydrogens is 545 g/mol. The van der Waals surface area contributed by atoms with Crippen molar-refractivity contribution in [2.75, 3.05) is 29.6 Å². The third-order valence-electron chi connectivity index (χ3n) is 6.37. The summed E-state index contributed by atoms with van der Waals surface area (Å²) in [6, 6.07) is 23.3. The number of hydrogen-bond donors (Lipinski definition) is 3. The summed E-state index contributed by atoms with van der Waals surface area (Å²) >= 11 is 0.